The second-order valence-corrected chi connectivity index (χ2v) is 6.93. The summed E-state index contributed by atoms with van der Waals surface area (Å²) in [4.78, 5) is 26.4. The number of β-amino-alcohol motifs (C(OH)–C–C–N with tert-alkyl or cyclic N) is 1. The first-order valence-electron chi connectivity index (χ1n) is 9.57. The van der Waals surface area contributed by atoms with E-state index in [4.69, 9.17) is 0 Å². The average molecular weight is 419 g/mol. The SMILES string of the molecule is O=C(CNc1cccc(C(=O)N2CCC[C@H](O)C2)c1)Nc1ccc(OC(F)F)cc1. The Morgan fingerprint density at radius 3 is 2.63 bits per heavy atom. The van der Waals surface area contributed by atoms with E-state index >= 15 is 0 Å². The van der Waals surface area contributed by atoms with Crippen molar-refractivity contribution >= 4 is 23.2 Å². The van der Waals surface area contributed by atoms with Crippen LogP contribution < -0.4 is 15.4 Å². The molecule has 0 aromatic heterocycles. The third kappa shape index (κ3) is 6.15. The van der Waals surface area contributed by atoms with Gasteiger partial charge in [0.05, 0.1) is 12.6 Å². The molecule has 0 radical (unpaired) electrons. The van der Waals surface area contributed by atoms with Crippen molar-refractivity contribution in [2.24, 2.45) is 0 Å². The molecule has 1 aliphatic rings. The monoisotopic (exact) mass is 419 g/mol. The number of halogens is 2. The zero-order chi connectivity index (χ0) is 21.5. The Balaban J connectivity index is 1.52. The molecule has 1 atom stereocenters. The van der Waals surface area contributed by atoms with Crippen LogP contribution in [0.3, 0.4) is 0 Å². The molecule has 7 nitrogen and oxygen atoms in total. The van der Waals surface area contributed by atoms with Crippen molar-refractivity contribution in [3.05, 3.63) is 54.1 Å². The van der Waals surface area contributed by atoms with E-state index < -0.39 is 12.7 Å². The lowest BCUT2D eigenvalue weighted by Crippen LogP contribution is -2.42. The molecule has 0 spiro atoms. The van der Waals surface area contributed by atoms with Crippen LogP contribution >= 0.6 is 0 Å². The molecule has 0 saturated carbocycles. The summed E-state index contributed by atoms with van der Waals surface area (Å²) in [5.74, 6) is -0.495. The molecule has 3 rings (SSSR count). The number of alkyl halides is 2. The van der Waals surface area contributed by atoms with Gasteiger partial charge in [0.1, 0.15) is 5.75 Å². The summed E-state index contributed by atoms with van der Waals surface area (Å²) in [5.41, 5.74) is 1.52. The number of amides is 2. The summed E-state index contributed by atoms with van der Waals surface area (Å²) in [6, 6.07) is 12.4. The maximum atomic E-state index is 12.6. The minimum absolute atomic E-state index is 0.00355. The van der Waals surface area contributed by atoms with Gasteiger partial charge in [0.25, 0.3) is 5.91 Å². The smallest absolute Gasteiger partial charge is 0.387 e. The van der Waals surface area contributed by atoms with Crippen molar-refractivity contribution in [2.45, 2.75) is 25.6 Å². The summed E-state index contributed by atoms with van der Waals surface area (Å²) < 4.78 is 28.6. The number of nitrogens with zero attached hydrogens (tertiary/aromatic N) is 1. The van der Waals surface area contributed by atoms with Gasteiger partial charge in [-0.2, -0.15) is 8.78 Å². The quantitative estimate of drug-likeness (QED) is 0.642. The summed E-state index contributed by atoms with van der Waals surface area (Å²) in [6.07, 6.45) is 0.964. The number of ether oxygens (including phenoxy) is 1. The van der Waals surface area contributed by atoms with E-state index in [0.717, 1.165) is 6.42 Å². The molecule has 9 heteroatoms. The predicted molar refractivity (Wildman–Crippen MR) is 108 cm³/mol. The Bertz CT molecular complexity index is 877. The third-order valence-electron chi connectivity index (χ3n) is 4.61. The number of benzene rings is 2. The number of carbonyl (C=O) groups is 2. The van der Waals surface area contributed by atoms with Crippen molar-refractivity contribution in [2.75, 3.05) is 30.3 Å². The molecule has 0 aliphatic carbocycles. The Morgan fingerprint density at radius 2 is 1.93 bits per heavy atom. The number of aliphatic hydroxyl groups is 1. The highest BCUT2D eigenvalue weighted by Crippen LogP contribution is 2.19. The van der Waals surface area contributed by atoms with Gasteiger partial charge in [-0.25, -0.2) is 0 Å². The second-order valence-electron chi connectivity index (χ2n) is 6.93. The Hall–Kier alpha value is -3.20. The fourth-order valence-corrected chi connectivity index (χ4v) is 3.19. The highest BCUT2D eigenvalue weighted by molar-refractivity contribution is 5.96. The maximum absolute atomic E-state index is 12.6. The number of hydrogen-bond donors (Lipinski definition) is 3. The van der Waals surface area contributed by atoms with Crippen LogP contribution in [0.25, 0.3) is 0 Å². The Morgan fingerprint density at radius 1 is 1.17 bits per heavy atom. The first-order chi connectivity index (χ1) is 14.4. The highest BCUT2D eigenvalue weighted by Gasteiger charge is 2.23. The van der Waals surface area contributed by atoms with Crippen LogP contribution in [-0.4, -0.2) is 54.2 Å². The van der Waals surface area contributed by atoms with Crippen molar-refractivity contribution in [3.8, 4) is 5.75 Å². The van der Waals surface area contributed by atoms with Gasteiger partial charge in [-0.15, -0.1) is 0 Å². The third-order valence-corrected chi connectivity index (χ3v) is 4.61. The summed E-state index contributed by atoms with van der Waals surface area (Å²) in [7, 11) is 0. The molecule has 2 aromatic carbocycles. The standard InChI is InChI=1S/C21H23F2N3O4/c22-21(23)30-18-8-6-15(7-9-18)25-19(28)12-24-16-4-1-3-14(11-16)20(29)26-10-2-5-17(27)13-26/h1,3-4,6-9,11,17,21,24,27H,2,5,10,12-13H2,(H,25,28)/t17-/m0/s1. The molecule has 1 aliphatic heterocycles. The lowest BCUT2D eigenvalue weighted by Gasteiger charge is -2.30. The Kier molecular flexibility index (Phi) is 7.18. The Labute approximate surface area is 172 Å². The van der Waals surface area contributed by atoms with Crippen molar-refractivity contribution < 1.29 is 28.2 Å². The van der Waals surface area contributed by atoms with Crippen LogP contribution in [0.4, 0.5) is 20.2 Å². The van der Waals surface area contributed by atoms with Gasteiger partial charge in [-0.3, -0.25) is 9.59 Å². The zero-order valence-electron chi connectivity index (χ0n) is 16.2. The first-order valence-corrected chi connectivity index (χ1v) is 9.57. The molecule has 0 bridgehead atoms. The minimum atomic E-state index is -2.91. The van der Waals surface area contributed by atoms with E-state index in [1.54, 1.807) is 29.2 Å². The molecule has 2 amide bonds. The van der Waals surface area contributed by atoms with Crippen molar-refractivity contribution in [1.82, 2.24) is 4.90 Å². The van der Waals surface area contributed by atoms with E-state index in [9.17, 15) is 23.5 Å². The maximum Gasteiger partial charge on any atom is 0.387 e. The van der Waals surface area contributed by atoms with E-state index in [1.807, 2.05) is 0 Å². The van der Waals surface area contributed by atoms with Crippen LogP contribution in [0, 0.1) is 0 Å². The van der Waals surface area contributed by atoms with Gasteiger partial charge in [-0.05, 0) is 55.3 Å². The molecule has 1 fully saturated rings. The van der Waals surface area contributed by atoms with Gasteiger partial charge in [0.15, 0.2) is 0 Å². The van der Waals surface area contributed by atoms with E-state index in [0.29, 0.717) is 36.4 Å². The summed E-state index contributed by atoms with van der Waals surface area (Å²) >= 11 is 0. The second kappa shape index (κ2) is 10.0. The van der Waals surface area contributed by atoms with Gasteiger partial charge in [0, 0.05) is 30.0 Å². The minimum Gasteiger partial charge on any atom is -0.435 e. The molecular weight excluding hydrogens is 396 g/mol. The molecule has 1 heterocycles. The van der Waals surface area contributed by atoms with Crippen LogP contribution in [0.2, 0.25) is 0 Å². The van der Waals surface area contributed by atoms with Crippen LogP contribution in [-0.2, 0) is 4.79 Å². The molecule has 1 saturated heterocycles. The number of likely N-dealkylation sites (tertiary alicyclic amines) is 1. The van der Waals surface area contributed by atoms with Crippen LogP contribution in [0.5, 0.6) is 5.75 Å². The fourth-order valence-electron chi connectivity index (χ4n) is 3.19. The zero-order valence-corrected chi connectivity index (χ0v) is 16.2. The van der Waals surface area contributed by atoms with E-state index in [2.05, 4.69) is 15.4 Å². The number of nitrogens with one attached hydrogen (secondary N) is 2. The van der Waals surface area contributed by atoms with Gasteiger partial charge in [0.2, 0.25) is 5.91 Å². The van der Waals surface area contributed by atoms with E-state index in [-0.39, 0.29) is 24.1 Å². The predicted octanol–water partition coefficient (Wildman–Crippen LogP) is 2.94. The first kappa shape index (κ1) is 21.5. The summed E-state index contributed by atoms with van der Waals surface area (Å²) in [6.45, 7) is -2.02. The average Bonchev–Trinajstić information content (AvgIpc) is 2.73. The van der Waals surface area contributed by atoms with Crippen molar-refractivity contribution in [3.63, 3.8) is 0 Å². The molecule has 0 unspecified atom stereocenters. The molecule has 2 aromatic rings. The summed E-state index contributed by atoms with van der Waals surface area (Å²) in [5, 5.41) is 15.4. The number of anilines is 2. The molecule has 30 heavy (non-hydrogen) atoms. The number of rotatable bonds is 7. The fraction of sp³-hybridized carbons (Fsp3) is 0.333. The number of piperidine rings is 1. The van der Waals surface area contributed by atoms with Gasteiger partial charge < -0.3 is 25.4 Å². The lowest BCUT2D eigenvalue weighted by atomic mass is 10.1. The van der Waals surface area contributed by atoms with Gasteiger partial charge >= 0.3 is 6.61 Å². The van der Waals surface area contributed by atoms with Crippen LogP contribution in [0.15, 0.2) is 48.5 Å². The molecule has 3 N–H and O–H groups in total. The number of aliphatic hydroxyl groups excluding tert-OH is 1. The highest BCUT2D eigenvalue weighted by atomic mass is 19.3. The lowest BCUT2D eigenvalue weighted by molar-refractivity contribution is -0.114. The van der Waals surface area contributed by atoms with Gasteiger partial charge in [-0.1, -0.05) is 6.07 Å². The molecule has 160 valence electrons. The molecular formula is C21H23F2N3O4. The van der Waals surface area contributed by atoms with Crippen LogP contribution in [0.1, 0.15) is 23.2 Å². The number of hydrogen-bond acceptors (Lipinski definition) is 5. The largest absolute Gasteiger partial charge is 0.435 e. The normalized spacial score (nSPS) is 16.3. The van der Waals surface area contributed by atoms with E-state index in [1.165, 1.54) is 24.3 Å². The van der Waals surface area contributed by atoms with Crippen molar-refractivity contribution in [1.29, 1.82) is 0 Å². The topological polar surface area (TPSA) is 90.9 Å². The number of carbonyl (C=O) groups excluding carboxylic acids is 2.